The van der Waals surface area contributed by atoms with Crippen LogP contribution in [0, 0.1) is 11.8 Å². The maximum Gasteiger partial charge on any atom is 0.220 e. The molecule has 0 rings (SSSR count). The van der Waals surface area contributed by atoms with Gasteiger partial charge in [0.25, 0.3) is 0 Å². The fourth-order valence-electron chi connectivity index (χ4n) is 3.00. The molecule has 5 nitrogen and oxygen atoms in total. The van der Waals surface area contributed by atoms with E-state index in [-0.39, 0.29) is 23.4 Å². The second-order valence-corrected chi connectivity index (χ2v) is 8.72. The first kappa shape index (κ1) is 25.1. The summed E-state index contributed by atoms with van der Waals surface area (Å²) in [4.78, 5) is 24.1. The van der Waals surface area contributed by atoms with Crippen molar-refractivity contribution in [1.29, 1.82) is 0 Å². The van der Waals surface area contributed by atoms with Crippen LogP contribution < -0.4 is 16.0 Å². The average molecular weight is 370 g/mol. The molecule has 0 aromatic rings. The van der Waals surface area contributed by atoms with E-state index in [1.807, 2.05) is 13.8 Å². The van der Waals surface area contributed by atoms with E-state index in [1.165, 1.54) is 0 Å². The van der Waals surface area contributed by atoms with Gasteiger partial charge < -0.3 is 16.0 Å². The minimum atomic E-state index is -0.00679. The highest BCUT2D eigenvalue weighted by Crippen LogP contribution is 2.14. The third-order valence-corrected chi connectivity index (χ3v) is 4.65. The molecule has 3 N–H and O–H groups in total. The number of rotatable bonds is 15. The molecular weight excluding hydrogens is 326 g/mol. The van der Waals surface area contributed by atoms with Crippen LogP contribution >= 0.6 is 0 Å². The quantitative estimate of drug-likeness (QED) is 0.387. The van der Waals surface area contributed by atoms with Crippen LogP contribution in [0.4, 0.5) is 0 Å². The number of hydrogen-bond acceptors (Lipinski definition) is 4. The molecule has 0 heterocycles. The number of Topliss-reactive ketones (excluding diaryl/α,β-unsaturated/α-hetero) is 1. The van der Waals surface area contributed by atoms with E-state index < -0.39 is 0 Å². The molecule has 2 unspecified atom stereocenters. The molecule has 0 saturated carbocycles. The van der Waals surface area contributed by atoms with Crippen molar-refractivity contribution in [2.24, 2.45) is 11.8 Å². The zero-order valence-electron chi connectivity index (χ0n) is 18.2. The van der Waals surface area contributed by atoms with Gasteiger partial charge in [-0.05, 0) is 52.5 Å². The highest BCUT2D eigenvalue weighted by Gasteiger charge is 2.18. The summed E-state index contributed by atoms with van der Waals surface area (Å²) in [6.45, 7) is 17.0. The van der Waals surface area contributed by atoms with Crippen LogP contribution in [0.3, 0.4) is 0 Å². The van der Waals surface area contributed by atoms with E-state index in [2.05, 4.69) is 50.6 Å². The predicted octanol–water partition coefficient (Wildman–Crippen LogP) is 3.28. The van der Waals surface area contributed by atoms with Gasteiger partial charge >= 0.3 is 0 Å². The number of ketones is 1. The Hall–Kier alpha value is -0.940. The van der Waals surface area contributed by atoms with E-state index in [4.69, 9.17) is 0 Å². The zero-order chi connectivity index (χ0) is 20.2. The van der Waals surface area contributed by atoms with Crippen LogP contribution in [0.15, 0.2) is 0 Å². The summed E-state index contributed by atoms with van der Waals surface area (Å²) in [7, 11) is 0. The highest BCUT2D eigenvalue weighted by molar-refractivity contribution is 5.81. The molecule has 0 aliphatic rings. The van der Waals surface area contributed by atoms with Crippen molar-refractivity contribution >= 4 is 11.7 Å². The predicted molar refractivity (Wildman–Crippen MR) is 110 cm³/mol. The molecule has 0 aromatic carbocycles. The maximum absolute atomic E-state index is 12.2. The van der Waals surface area contributed by atoms with Crippen LogP contribution in [0.2, 0.25) is 0 Å². The van der Waals surface area contributed by atoms with Gasteiger partial charge in [-0.15, -0.1) is 0 Å². The Bertz CT molecular complexity index is 408. The Morgan fingerprint density at radius 2 is 1.65 bits per heavy atom. The van der Waals surface area contributed by atoms with Crippen molar-refractivity contribution in [3.8, 4) is 0 Å². The topological polar surface area (TPSA) is 70.2 Å². The fourth-order valence-corrected chi connectivity index (χ4v) is 3.00. The molecule has 26 heavy (non-hydrogen) atoms. The zero-order valence-corrected chi connectivity index (χ0v) is 18.2. The van der Waals surface area contributed by atoms with Gasteiger partial charge in [0.2, 0.25) is 5.91 Å². The molecule has 5 heteroatoms. The van der Waals surface area contributed by atoms with E-state index in [1.54, 1.807) is 0 Å². The van der Waals surface area contributed by atoms with Gasteiger partial charge in [-0.1, -0.05) is 27.7 Å². The largest absolute Gasteiger partial charge is 0.355 e. The number of carbonyl (C=O) groups excluding carboxylic acids is 2. The first-order valence-corrected chi connectivity index (χ1v) is 10.3. The minimum absolute atomic E-state index is 0.00679. The molecule has 154 valence electrons. The lowest BCUT2D eigenvalue weighted by molar-refractivity contribution is -0.123. The second kappa shape index (κ2) is 13.3. The summed E-state index contributed by atoms with van der Waals surface area (Å²) in [6, 6.07) is 0.145. The van der Waals surface area contributed by atoms with E-state index in [9.17, 15) is 9.59 Å². The Labute approximate surface area is 161 Å². The number of hydrogen-bond donors (Lipinski definition) is 3. The molecule has 1 amide bonds. The molecular formula is C21H43N3O2. The summed E-state index contributed by atoms with van der Waals surface area (Å²) >= 11 is 0. The lowest BCUT2D eigenvalue weighted by atomic mass is 9.92. The molecule has 0 aliphatic carbocycles. The van der Waals surface area contributed by atoms with Gasteiger partial charge in [0, 0.05) is 43.4 Å². The summed E-state index contributed by atoms with van der Waals surface area (Å²) in [5.74, 6) is 1.09. The normalized spacial score (nSPS) is 14.3. The number of amides is 1. The maximum atomic E-state index is 12.2. The number of carbonyl (C=O) groups is 2. The smallest absolute Gasteiger partial charge is 0.220 e. The fraction of sp³-hybridized carbons (Fsp3) is 0.905. The molecule has 0 saturated heterocycles. The van der Waals surface area contributed by atoms with E-state index >= 15 is 0 Å². The van der Waals surface area contributed by atoms with Gasteiger partial charge in [0.1, 0.15) is 5.78 Å². The van der Waals surface area contributed by atoms with Crippen molar-refractivity contribution in [3.05, 3.63) is 0 Å². The monoisotopic (exact) mass is 369 g/mol. The van der Waals surface area contributed by atoms with Crippen LogP contribution in [0.1, 0.15) is 80.6 Å². The SMILES string of the molecule is CCCNC(C)(C)CCC(=O)NCCNC(C)CC(=O)C(C)CC(C)C. The molecule has 2 atom stereocenters. The lowest BCUT2D eigenvalue weighted by Gasteiger charge is -2.26. The lowest BCUT2D eigenvalue weighted by Crippen LogP contribution is -2.41. The van der Waals surface area contributed by atoms with Crippen molar-refractivity contribution < 1.29 is 9.59 Å². The number of nitrogens with one attached hydrogen (secondary N) is 3. The van der Waals surface area contributed by atoms with Gasteiger partial charge in [-0.25, -0.2) is 0 Å². The molecule has 0 spiro atoms. The van der Waals surface area contributed by atoms with E-state index in [0.717, 1.165) is 25.8 Å². The Morgan fingerprint density at radius 1 is 1.00 bits per heavy atom. The van der Waals surface area contributed by atoms with E-state index in [0.29, 0.717) is 37.6 Å². The highest BCUT2D eigenvalue weighted by atomic mass is 16.1. The van der Waals surface area contributed by atoms with Crippen LogP contribution in [-0.2, 0) is 9.59 Å². The Kier molecular flexibility index (Phi) is 12.8. The summed E-state index contributed by atoms with van der Waals surface area (Å²) in [6.07, 6.45) is 3.96. The first-order chi connectivity index (χ1) is 12.1. The molecule has 0 bridgehead atoms. The minimum Gasteiger partial charge on any atom is -0.355 e. The van der Waals surface area contributed by atoms with Gasteiger partial charge in [-0.3, -0.25) is 9.59 Å². The van der Waals surface area contributed by atoms with Crippen molar-refractivity contribution in [3.63, 3.8) is 0 Å². The standard InChI is InChI=1S/C21H43N3O2/c1-8-11-24-21(6,7)10-9-20(26)23-13-12-22-18(5)15-19(25)17(4)14-16(2)3/h16-18,22,24H,8-15H2,1-7H3,(H,23,26). The Balaban J connectivity index is 3.87. The van der Waals surface area contributed by atoms with Crippen molar-refractivity contribution in [2.75, 3.05) is 19.6 Å². The molecule has 0 aliphatic heterocycles. The van der Waals surface area contributed by atoms with Crippen molar-refractivity contribution in [2.45, 2.75) is 92.2 Å². The Morgan fingerprint density at radius 3 is 2.23 bits per heavy atom. The van der Waals surface area contributed by atoms with Crippen LogP contribution in [0.25, 0.3) is 0 Å². The van der Waals surface area contributed by atoms with Gasteiger partial charge in [-0.2, -0.15) is 0 Å². The third-order valence-electron chi connectivity index (χ3n) is 4.65. The third kappa shape index (κ3) is 13.3. The van der Waals surface area contributed by atoms with Gasteiger partial charge in [0.05, 0.1) is 0 Å². The summed E-state index contributed by atoms with van der Waals surface area (Å²) < 4.78 is 0. The molecule has 0 aromatic heterocycles. The molecule has 0 radical (unpaired) electrons. The van der Waals surface area contributed by atoms with Crippen LogP contribution in [-0.4, -0.2) is 42.9 Å². The second-order valence-electron chi connectivity index (χ2n) is 8.72. The molecule has 0 fully saturated rings. The first-order valence-electron chi connectivity index (χ1n) is 10.3. The summed E-state index contributed by atoms with van der Waals surface area (Å²) in [5.41, 5.74) is -0.00679. The van der Waals surface area contributed by atoms with Gasteiger partial charge in [0.15, 0.2) is 0 Å². The van der Waals surface area contributed by atoms with Crippen molar-refractivity contribution in [1.82, 2.24) is 16.0 Å². The van der Waals surface area contributed by atoms with Crippen LogP contribution in [0.5, 0.6) is 0 Å². The summed E-state index contributed by atoms with van der Waals surface area (Å²) in [5, 5.41) is 9.74. The average Bonchev–Trinajstić information content (AvgIpc) is 2.54.